The van der Waals surface area contributed by atoms with Gasteiger partial charge >= 0.3 is 6.09 Å². The minimum Gasteiger partial charge on any atom is -0.465 e. The average molecular weight is 316 g/mol. The lowest BCUT2D eigenvalue weighted by Crippen LogP contribution is -2.42. The molecule has 5 nitrogen and oxygen atoms in total. The highest BCUT2D eigenvalue weighted by atomic mass is 16.4. The zero-order valence-corrected chi connectivity index (χ0v) is 13.4. The van der Waals surface area contributed by atoms with Crippen LogP contribution < -0.4 is 4.90 Å². The van der Waals surface area contributed by atoms with Crippen LogP contribution in [0.4, 0.5) is 10.5 Å². The fourth-order valence-corrected chi connectivity index (χ4v) is 3.95. The molecule has 1 N–H and O–H groups in total. The standard InChI is InChI=1S/C18H24N2O3/c21-13-14-1-3-17(4-2-14)19-9-5-15(6-10-19)16-7-11-20(12-8-16)18(22)23/h1-4,13,15-16H,5-12H2,(H,22,23). The number of amides is 1. The predicted molar refractivity (Wildman–Crippen MR) is 89.1 cm³/mol. The third-order valence-corrected chi connectivity index (χ3v) is 5.41. The van der Waals surface area contributed by atoms with Crippen LogP contribution in [-0.2, 0) is 0 Å². The molecule has 0 saturated carbocycles. The van der Waals surface area contributed by atoms with Crippen molar-refractivity contribution >= 4 is 18.1 Å². The maximum atomic E-state index is 11.0. The summed E-state index contributed by atoms with van der Waals surface area (Å²) in [4.78, 5) is 25.6. The number of rotatable bonds is 3. The maximum absolute atomic E-state index is 11.0. The van der Waals surface area contributed by atoms with Gasteiger partial charge in [-0.15, -0.1) is 0 Å². The Morgan fingerprint density at radius 1 is 0.957 bits per heavy atom. The van der Waals surface area contributed by atoms with Gasteiger partial charge in [0.15, 0.2) is 0 Å². The summed E-state index contributed by atoms with van der Waals surface area (Å²) in [6.45, 7) is 3.47. The normalized spacial score (nSPS) is 20.5. The molecule has 2 saturated heterocycles. The van der Waals surface area contributed by atoms with E-state index in [1.54, 1.807) is 4.90 Å². The molecular formula is C18H24N2O3. The molecule has 1 amide bonds. The number of hydrogen-bond donors (Lipinski definition) is 1. The van der Waals surface area contributed by atoms with Crippen LogP contribution in [0.2, 0.25) is 0 Å². The smallest absolute Gasteiger partial charge is 0.407 e. The first-order valence-corrected chi connectivity index (χ1v) is 8.45. The highest BCUT2D eigenvalue weighted by Crippen LogP contribution is 2.33. The number of piperidine rings is 2. The lowest BCUT2D eigenvalue weighted by Gasteiger charge is -2.40. The van der Waals surface area contributed by atoms with E-state index in [1.807, 2.05) is 24.3 Å². The molecule has 2 aliphatic heterocycles. The molecule has 0 aromatic heterocycles. The van der Waals surface area contributed by atoms with Crippen molar-refractivity contribution in [2.24, 2.45) is 11.8 Å². The van der Waals surface area contributed by atoms with E-state index in [9.17, 15) is 9.59 Å². The molecule has 2 heterocycles. The van der Waals surface area contributed by atoms with Gasteiger partial charge in [-0.1, -0.05) is 0 Å². The number of carbonyl (C=O) groups is 2. The Balaban J connectivity index is 1.50. The molecule has 0 radical (unpaired) electrons. The predicted octanol–water partition coefficient (Wildman–Crippen LogP) is 3.11. The van der Waals surface area contributed by atoms with Gasteiger partial charge < -0.3 is 14.9 Å². The summed E-state index contributed by atoms with van der Waals surface area (Å²) in [6, 6.07) is 7.79. The van der Waals surface area contributed by atoms with Gasteiger partial charge in [0, 0.05) is 37.4 Å². The minimum atomic E-state index is -0.781. The van der Waals surface area contributed by atoms with Gasteiger partial charge in [0.25, 0.3) is 0 Å². The van der Waals surface area contributed by atoms with Crippen molar-refractivity contribution in [1.29, 1.82) is 0 Å². The summed E-state index contributed by atoms with van der Waals surface area (Å²) < 4.78 is 0. The number of carbonyl (C=O) groups excluding carboxylic acids is 1. The monoisotopic (exact) mass is 316 g/mol. The van der Waals surface area contributed by atoms with Crippen molar-refractivity contribution in [3.05, 3.63) is 29.8 Å². The molecule has 2 fully saturated rings. The highest BCUT2D eigenvalue weighted by Gasteiger charge is 2.30. The number of nitrogens with zero attached hydrogens (tertiary/aromatic N) is 2. The lowest BCUT2D eigenvalue weighted by atomic mass is 9.79. The van der Waals surface area contributed by atoms with Gasteiger partial charge in [-0.2, -0.15) is 0 Å². The highest BCUT2D eigenvalue weighted by molar-refractivity contribution is 5.75. The Hall–Kier alpha value is -2.04. The number of carboxylic acid groups (broad SMARTS) is 1. The first-order chi connectivity index (χ1) is 11.2. The first kappa shape index (κ1) is 15.8. The summed E-state index contributed by atoms with van der Waals surface area (Å²) in [5.41, 5.74) is 1.91. The van der Waals surface area contributed by atoms with E-state index >= 15 is 0 Å². The first-order valence-electron chi connectivity index (χ1n) is 8.45. The summed E-state index contributed by atoms with van der Waals surface area (Å²) in [7, 11) is 0. The molecule has 0 aliphatic carbocycles. The molecular weight excluding hydrogens is 292 g/mol. The van der Waals surface area contributed by atoms with Crippen LogP contribution in [0.25, 0.3) is 0 Å². The molecule has 1 aromatic carbocycles. The number of benzene rings is 1. The second-order valence-corrected chi connectivity index (χ2v) is 6.64. The Labute approximate surface area is 136 Å². The second-order valence-electron chi connectivity index (χ2n) is 6.64. The van der Waals surface area contributed by atoms with Crippen molar-refractivity contribution in [3.8, 4) is 0 Å². The molecule has 0 atom stereocenters. The number of aldehydes is 1. The average Bonchev–Trinajstić information content (AvgIpc) is 2.62. The van der Waals surface area contributed by atoms with Crippen molar-refractivity contribution in [2.45, 2.75) is 25.7 Å². The van der Waals surface area contributed by atoms with Gasteiger partial charge in [0.2, 0.25) is 0 Å². The van der Waals surface area contributed by atoms with Gasteiger partial charge in [-0.3, -0.25) is 4.79 Å². The van der Waals surface area contributed by atoms with Crippen molar-refractivity contribution in [2.75, 3.05) is 31.1 Å². The molecule has 0 bridgehead atoms. The van der Waals surface area contributed by atoms with Crippen molar-refractivity contribution in [1.82, 2.24) is 4.90 Å². The third-order valence-electron chi connectivity index (χ3n) is 5.41. The van der Waals surface area contributed by atoms with Crippen LogP contribution in [0.15, 0.2) is 24.3 Å². The van der Waals surface area contributed by atoms with Crippen molar-refractivity contribution in [3.63, 3.8) is 0 Å². The molecule has 124 valence electrons. The van der Waals surface area contributed by atoms with Gasteiger partial charge in [0.05, 0.1) is 0 Å². The summed E-state index contributed by atoms with van der Waals surface area (Å²) in [5.74, 6) is 1.39. The van der Waals surface area contributed by atoms with E-state index in [1.165, 1.54) is 18.5 Å². The maximum Gasteiger partial charge on any atom is 0.407 e. The van der Waals surface area contributed by atoms with Gasteiger partial charge in [-0.25, -0.2) is 4.79 Å². The molecule has 23 heavy (non-hydrogen) atoms. The SMILES string of the molecule is O=Cc1ccc(N2CCC(C3CCN(C(=O)O)CC3)CC2)cc1. The zero-order chi connectivity index (χ0) is 16.2. The van der Waals surface area contributed by atoms with E-state index in [2.05, 4.69) is 4.90 Å². The van der Waals surface area contributed by atoms with Crippen LogP contribution in [-0.4, -0.2) is 48.6 Å². The molecule has 0 unspecified atom stereocenters. The molecule has 1 aromatic rings. The molecule has 2 aliphatic rings. The fourth-order valence-electron chi connectivity index (χ4n) is 3.95. The Bertz CT molecular complexity index is 542. The largest absolute Gasteiger partial charge is 0.465 e. The van der Waals surface area contributed by atoms with Gasteiger partial charge in [-0.05, 0) is 61.8 Å². The summed E-state index contributed by atoms with van der Waals surface area (Å²) >= 11 is 0. The van der Waals surface area contributed by atoms with Crippen LogP contribution in [0.5, 0.6) is 0 Å². The van der Waals surface area contributed by atoms with E-state index in [4.69, 9.17) is 5.11 Å². The molecule has 3 rings (SSSR count). The number of anilines is 1. The van der Waals surface area contributed by atoms with Crippen LogP contribution in [0.3, 0.4) is 0 Å². The third kappa shape index (κ3) is 3.66. The summed E-state index contributed by atoms with van der Waals surface area (Å²) in [6.07, 6.45) is 4.45. The van der Waals surface area contributed by atoms with Crippen molar-refractivity contribution < 1.29 is 14.7 Å². The number of hydrogen-bond acceptors (Lipinski definition) is 3. The Kier molecular flexibility index (Phi) is 4.84. The lowest BCUT2D eigenvalue weighted by molar-refractivity contribution is 0.107. The Morgan fingerprint density at radius 3 is 1.96 bits per heavy atom. The number of likely N-dealkylation sites (tertiary alicyclic amines) is 1. The molecule has 5 heteroatoms. The second kappa shape index (κ2) is 7.02. The zero-order valence-electron chi connectivity index (χ0n) is 13.4. The van der Waals surface area contributed by atoms with E-state index < -0.39 is 6.09 Å². The van der Waals surface area contributed by atoms with Crippen LogP contribution >= 0.6 is 0 Å². The Morgan fingerprint density at radius 2 is 1.48 bits per heavy atom. The van der Waals surface area contributed by atoms with E-state index in [-0.39, 0.29) is 0 Å². The fraction of sp³-hybridized carbons (Fsp3) is 0.556. The summed E-state index contributed by atoms with van der Waals surface area (Å²) in [5, 5.41) is 9.03. The van der Waals surface area contributed by atoms with E-state index in [0.717, 1.165) is 38.1 Å². The van der Waals surface area contributed by atoms with E-state index in [0.29, 0.717) is 24.6 Å². The van der Waals surface area contributed by atoms with Gasteiger partial charge in [0.1, 0.15) is 6.29 Å². The topological polar surface area (TPSA) is 60.9 Å². The molecule has 0 spiro atoms. The minimum absolute atomic E-state index is 0.671. The van der Waals surface area contributed by atoms with Crippen LogP contribution in [0.1, 0.15) is 36.0 Å². The van der Waals surface area contributed by atoms with Crippen LogP contribution in [0, 0.1) is 11.8 Å². The quantitative estimate of drug-likeness (QED) is 0.871.